The Morgan fingerprint density at radius 3 is 2.84 bits per heavy atom. The molecule has 4 aromatic rings. The highest BCUT2D eigenvalue weighted by Crippen LogP contribution is 2.31. The Morgan fingerprint density at radius 1 is 1.12 bits per heavy atom. The first-order valence-electron chi connectivity index (χ1n) is 10.8. The molecule has 0 amide bonds. The zero-order valence-electron chi connectivity index (χ0n) is 17.9. The van der Waals surface area contributed by atoms with Gasteiger partial charge in [-0.05, 0) is 65.9 Å². The minimum atomic E-state index is -0.213. The molecule has 3 heterocycles. The molecule has 5 nitrogen and oxygen atoms in total. The summed E-state index contributed by atoms with van der Waals surface area (Å²) in [6.45, 7) is 4.48. The zero-order chi connectivity index (χ0) is 22.1. The van der Waals surface area contributed by atoms with E-state index in [2.05, 4.69) is 39.5 Å². The van der Waals surface area contributed by atoms with Crippen LogP contribution in [0.3, 0.4) is 0 Å². The molecule has 2 aromatic heterocycles. The molecule has 0 bridgehead atoms. The molecule has 0 radical (unpaired) electrons. The Kier molecular flexibility index (Phi) is 5.79. The van der Waals surface area contributed by atoms with Crippen molar-refractivity contribution < 1.29 is 5.11 Å². The predicted molar refractivity (Wildman–Crippen MR) is 130 cm³/mol. The van der Waals surface area contributed by atoms with E-state index in [1.165, 1.54) is 0 Å². The van der Waals surface area contributed by atoms with Gasteiger partial charge in [0.25, 0.3) is 0 Å². The normalized spacial score (nSPS) is 16.5. The second-order valence-electron chi connectivity index (χ2n) is 8.37. The third-order valence-corrected chi connectivity index (χ3v) is 6.42. The first-order valence-corrected chi connectivity index (χ1v) is 11.2. The maximum absolute atomic E-state index is 9.77. The van der Waals surface area contributed by atoms with Crippen LogP contribution in [0.15, 0.2) is 67.0 Å². The van der Waals surface area contributed by atoms with Gasteiger partial charge in [-0.3, -0.25) is 9.88 Å². The van der Waals surface area contributed by atoms with Gasteiger partial charge < -0.3 is 10.4 Å². The fourth-order valence-electron chi connectivity index (χ4n) is 4.32. The van der Waals surface area contributed by atoms with E-state index in [4.69, 9.17) is 16.6 Å². The molecule has 2 N–H and O–H groups in total. The minimum Gasteiger partial charge on any atom is -0.392 e. The third kappa shape index (κ3) is 4.32. The average molecular weight is 445 g/mol. The lowest BCUT2D eigenvalue weighted by molar-refractivity contribution is 0.175. The number of nitrogens with zero attached hydrogens (tertiary/aromatic N) is 3. The van der Waals surface area contributed by atoms with E-state index in [0.29, 0.717) is 0 Å². The van der Waals surface area contributed by atoms with Crippen LogP contribution in [0, 0.1) is 6.92 Å². The summed E-state index contributed by atoms with van der Waals surface area (Å²) in [6.07, 6.45) is 4.34. The highest BCUT2D eigenvalue weighted by Gasteiger charge is 2.20. The fraction of sp³-hybridized carbons (Fsp3) is 0.231. The Hall–Kier alpha value is -2.99. The minimum absolute atomic E-state index is 0.213. The van der Waals surface area contributed by atoms with Gasteiger partial charge in [-0.2, -0.15) is 0 Å². The number of aromatic nitrogens is 2. The molecule has 1 aliphatic rings. The van der Waals surface area contributed by atoms with Gasteiger partial charge in [0.05, 0.1) is 6.10 Å². The summed E-state index contributed by atoms with van der Waals surface area (Å²) in [5.41, 5.74) is 6.19. The first kappa shape index (κ1) is 20.9. The van der Waals surface area contributed by atoms with Crippen LogP contribution >= 0.6 is 11.6 Å². The standard InChI is InChI=1S/C26H25ClN4O/c1-17-23(6-3-7-24(17)27)19-4-2-5-21(13-19)30-26-25-20(8-10-28-26)12-18(14-29-25)15-31-11-9-22(32)16-31/h2-8,10,12-14,22,32H,9,11,15-16H2,1H3,(H,28,30)/t22-/m1/s1. The molecule has 0 saturated carbocycles. The SMILES string of the molecule is Cc1c(Cl)cccc1-c1cccc(Nc2nccc3cc(CN4CC[C@@H](O)C4)cnc23)c1. The Bertz CT molecular complexity index is 1280. The van der Waals surface area contributed by atoms with Crippen LogP contribution in [0.1, 0.15) is 17.5 Å². The molecule has 1 saturated heterocycles. The molecule has 6 heteroatoms. The van der Waals surface area contributed by atoms with Gasteiger partial charge in [0, 0.05) is 48.1 Å². The summed E-state index contributed by atoms with van der Waals surface area (Å²) in [4.78, 5) is 11.5. The number of hydrogen-bond acceptors (Lipinski definition) is 5. The number of pyridine rings is 2. The Labute approximate surface area is 192 Å². The molecule has 0 aliphatic carbocycles. The number of anilines is 2. The molecule has 1 aliphatic heterocycles. The summed E-state index contributed by atoms with van der Waals surface area (Å²) in [7, 11) is 0. The monoisotopic (exact) mass is 444 g/mol. The van der Waals surface area contributed by atoms with Gasteiger partial charge in [-0.25, -0.2) is 4.98 Å². The van der Waals surface area contributed by atoms with E-state index in [0.717, 1.165) is 75.7 Å². The number of aliphatic hydroxyl groups excluding tert-OH is 1. The number of likely N-dealkylation sites (tertiary alicyclic amines) is 1. The number of nitrogens with one attached hydrogen (secondary N) is 1. The van der Waals surface area contributed by atoms with E-state index < -0.39 is 0 Å². The average Bonchev–Trinajstić information content (AvgIpc) is 3.20. The lowest BCUT2D eigenvalue weighted by Crippen LogP contribution is -2.21. The molecule has 32 heavy (non-hydrogen) atoms. The maximum Gasteiger partial charge on any atom is 0.156 e. The third-order valence-electron chi connectivity index (χ3n) is 6.01. The predicted octanol–water partition coefficient (Wildman–Crippen LogP) is 5.57. The Morgan fingerprint density at radius 2 is 2.00 bits per heavy atom. The van der Waals surface area contributed by atoms with Crippen molar-refractivity contribution in [3.05, 3.63) is 83.1 Å². The number of aliphatic hydroxyl groups is 1. The molecule has 0 spiro atoms. The van der Waals surface area contributed by atoms with Crippen LogP contribution in [-0.4, -0.2) is 39.2 Å². The van der Waals surface area contributed by atoms with Crippen LogP contribution in [0.25, 0.3) is 22.0 Å². The number of halogens is 1. The lowest BCUT2D eigenvalue weighted by atomic mass is 10.0. The number of benzene rings is 2. The van der Waals surface area contributed by atoms with Crippen LogP contribution in [0.2, 0.25) is 5.02 Å². The number of β-amino-alcohol motifs (C(OH)–C–C–N with tert-alkyl or cyclic N) is 1. The molecular formula is C26H25ClN4O. The van der Waals surface area contributed by atoms with Gasteiger partial charge in [-0.15, -0.1) is 0 Å². The molecule has 1 atom stereocenters. The molecule has 162 valence electrons. The molecule has 5 rings (SSSR count). The van der Waals surface area contributed by atoms with Crippen molar-refractivity contribution in [3.63, 3.8) is 0 Å². The van der Waals surface area contributed by atoms with Crippen molar-refractivity contribution in [3.8, 4) is 11.1 Å². The summed E-state index contributed by atoms with van der Waals surface area (Å²) in [6, 6.07) is 18.4. The van der Waals surface area contributed by atoms with E-state index in [1.807, 2.05) is 43.5 Å². The number of hydrogen-bond donors (Lipinski definition) is 2. The smallest absolute Gasteiger partial charge is 0.156 e. The van der Waals surface area contributed by atoms with E-state index in [-0.39, 0.29) is 6.10 Å². The van der Waals surface area contributed by atoms with E-state index in [9.17, 15) is 5.11 Å². The van der Waals surface area contributed by atoms with Gasteiger partial charge in [0.15, 0.2) is 5.82 Å². The fourth-order valence-corrected chi connectivity index (χ4v) is 4.49. The van der Waals surface area contributed by atoms with Crippen molar-refractivity contribution in [1.82, 2.24) is 14.9 Å². The highest BCUT2D eigenvalue weighted by molar-refractivity contribution is 6.31. The van der Waals surface area contributed by atoms with Crippen molar-refractivity contribution >= 4 is 34.0 Å². The summed E-state index contributed by atoms with van der Waals surface area (Å²) >= 11 is 6.32. The topological polar surface area (TPSA) is 61.3 Å². The second-order valence-corrected chi connectivity index (χ2v) is 8.78. The van der Waals surface area contributed by atoms with Gasteiger partial charge in [0.1, 0.15) is 5.52 Å². The van der Waals surface area contributed by atoms with Crippen molar-refractivity contribution in [2.75, 3.05) is 18.4 Å². The van der Waals surface area contributed by atoms with Crippen LogP contribution in [0.5, 0.6) is 0 Å². The van der Waals surface area contributed by atoms with Crippen molar-refractivity contribution in [2.45, 2.75) is 26.0 Å². The van der Waals surface area contributed by atoms with Gasteiger partial charge in [0.2, 0.25) is 0 Å². The largest absolute Gasteiger partial charge is 0.392 e. The molecule has 0 unspecified atom stereocenters. The van der Waals surface area contributed by atoms with Crippen molar-refractivity contribution in [2.24, 2.45) is 0 Å². The lowest BCUT2D eigenvalue weighted by Gasteiger charge is -2.15. The van der Waals surface area contributed by atoms with E-state index in [1.54, 1.807) is 6.20 Å². The van der Waals surface area contributed by atoms with Gasteiger partial charge >= 0.3 is 0 Å². The summed E-state index contributed by atoms with van der Waals surface area (Å²) < 4.78 is 0. The maximum atomic E-state index is 9.77. The zero-order valence-corrected chi connectivity index (χ0v) is 18.7. The number of fused-ring (bicyclic) bond motifs is 1. The van der Waals surface area contributed by atoms with Crippen molar-refractivity contribution in [1.29, 1.82) is 0 Å². The summed E-state index contributed by atoms with van der Waals surface area (Å²) in [5, 5.41) is 15.0. The number of rotatable bonds is 5. The second kappa shape index (κ2) is 8.87. The molecule has 2 aromatic carbocycles. The van der Waals surface area contributed by atoms with Gasteiger partial charge in [-0.1, -0.05) is 35.9 Å². The van der Waals surface area contributed by atoms with Crippen LogP contribution < -0.4 is 5.32 Å². The quantitative estimate of drug-likeness (QED) is 0.421. The molecular weight excluding hydrogens is 420 g/mol. The Balaban J connectivity index is 1.41. The summed E-state index contributed by atoms with van der Waals surface area (Å²) in [5.74, 6) is 0.727. The van der Waals surface area contributed by atoms with Crippen LogP contribution in [0.4, 0.5) is 11.5 Å². The van der Waals surface area contributed by atoms with Crippen LogP contribution in [-0.2, 0) is 6.54 Å². The van der Waals surface area contributed by atoms with E-state index >= 15 is 0 Å². The highest BCUT2D eigenvalue weighted by atomic mass is 35.5. The first-order chi connectivity index (χ1) is 15.6. The molecule has 1 fully saturated rings.